The molecule has 1 fully saturated rings. The van der Waals surface area contributed by atoms with E-state index in [2.05, 4.69) is 0 Å². The Hall–Kier alpha value is -1.60. The normalized spacial score (nSPS) is 15.2. The minimum Gasteiger partial charge on any atom is -0.465 e. The van der Waals surface area contributed by atoms with E-state index in [9.17, 15) is 13.2 Å². The molecule has 0 radical (unpaired) electrons. The third-order valence-corrected chi connectivity index (χ3v) is 5.47. The van der Waals surface area contributed by atoms with Crippen LogP contribution in [-0.4, -0.2) is 37.9 Å². The molecule has 1 aromatic carbocycles. The number of benzene rings is 1. The van der Waals surface area contributed by atoms with Crippen LogP contribution < -0.4 is 5.73 Å². The van der Waals surface area contributed by atoms with Crippen molar-refractivity contribution < 1.29 is 17.9 Å². The van der Waals surface area contributed by atoms with Gasteiger partial charge in [-0.2, -0.15) is 4.31 Å². The molecule has 0 spiro atoms. The minimum atomic E-state index is -3.81. The first-order valence-electron chi connectivity index (χ1n) is 6.90. The Kier molecular flexibility index (Phi) is 4.53. The van der Waals surface area contributed by atoms with Gasteiger partial charge in [-0.05, 0) is 38.3 Å². The lowest BCUT2D eigenvalue weighted by atomic mass is 10.2. The van der Waals surface area contributed by atoms with E-state index in [1.807, 2.05) is 0 Å². The van der Waals surface area contributed by atoms with E-state index in [1.165, 1.54) is 4.31 Å². The van der Waals surface area contributed by atoms with Crippen molar-refractivity contribution in [2.24, 2.45) is 0 Å². The van der Waals surface area contributed by atoms with Gasteiger partial charge in [0.15, 0.2) is 0 Å². The van der Waals surface area contributed by atoms with Gasteiger partial charge in [0.25, 0.3) is 0 Å². The van der Waals surface area contributed by atoms with E-state index in [4.69, 9.17) is 10.5 Å². The maximum absolute atomic E-state index is 12.8. The van der Waals surface area contributed by atoms with Gasteiger partial charge in [-0.3, -0.25) is 4.79 Å². The Balaban J connectivity index is 2.37. The van der Waals surface area contributed by atoms with Crippen LogP contribution in [-0.2, 0) is 19.6 Å². The van der Waals surface area contributed by atoms with Gasteiger partial charge in [0.2, 0.25) is 10.0 Å². The third-order valence-electron chi connectivity index (χ3n) is 3.35. The van der Waals surface area contributed by atoms with Gasteiger partial charge in [-0.15, -0.1) is 0 Å². The lowest BCUT2D eigenvalue weighted by Gasteiger charge is -2.22. The molecule has 0 amide bonds. The zero-order chi connectivity index (χ0) is 15.6. The second kappa shape index (κ2) is 6.03. The Morgan fingerprint density at radius 3 is 2.62 bits per heavy atom. The molecule has 1 saturated carbocycles. The number of aryl methyl sites for hydroxylation is 1. The van der Waals surface area contributed by atoms with Crippen LogP contribution in [0.5, 0.6) is 0 Å². The zero-order valence-electron chi connectivity index (χ0n) is 12.2. The van der Waals surface area contributed by atoms with Gasteiger partial charge in [0.1, 0.15) is 11.4 Å². The van der Waals surface area contributed by atoms with Crippen molar-refractivity contribution in [1.29, 1.82) is 0 Å². The SMILES string of the molecule is CCOC(=O)CN(C1CC1)S(=O)(=O)c1c(C)cccc1N. The smallest absolute Gasteiger partial charge is 0.321 e. The van der Waals surface area contributed by atoms with E-state index in [0.717, 1.165) is 12.8 Å². The summed E-state index contributed by atoms with van der Waals surface area (Å²) >= 11 is 0. The zero-order valence-corrected chi connectivity index (χ0v) is 13.0. The molecule has 0 unspecified atom stereocenters. The predicted octanol–water partition coefficient (Wildman–Crippen LogP) is 1.29. The number of anilines is 1. The summed E-state index contributed by atoms with van der Waals surface area (Å²) in [5, 5.41) is 0. The summed E-state index contributed by atoms with van der Waals surface area (Å²) in [6.45, 7) is 3.34. The maximum atomic E-state index is 12.8. The number of rotatable bonds is 6. The van der Waals surface area contributed by atoms with E-state index >= 15 is 0 Å². The summed E-state index contributed by atoms with van der Waals surface area (Å²) in [4.78, 5) is 11.8. The first-order chi connectivity index (χ1) is 9.87. The van der Waals surface area contributed by atoms with Gasteiger partial charge < -0.3 is 10.5 Å². The number of sulfonamides is 1. The van der Waals surface area contributed by atoms with Gasteiger partial charge in [-0.25, -0.2) is 8.42 Å². The van der Waals surface area contributed by atoms with Crippen molar-refractivity contribution in [3.05, 3.63) is 23.8 Å². The molecule has 2 rings (SSSR count). The second-order valence-corrected chi connectivity index (χ2v) is 6.91. The van der Waals surface area contributed by atoms with Crippen molar-refractivity contribution in [1.82, 2.24) is 4.31 Å². The maximum Gasteiger partial charge on any atom is 0.321 e. The molecule has 0 saturated heterocycles. The molecule has 116 valence electrons. The van der Waals surface area contributed by atoms with Crippen molar-refractivity contribution in [2.75, 3.05) is 18.9 Å². The molecule has 0 aliphatic heterocycles. The summed E-state index contributed by atoms with van der Waals surface area (Å²) in [5.41, 5.74) is 6.61. The molecule has 21 heavy (non-hydrogen) atoms. The first kappa shape index (κ1) is 15.8. The highest BCUT2D eigenvalue weighted by atomic mass is 32.2. The van der Waals surface area contributed by atoms with Crippen LogP contribution in [0, 0.1) is 6.92 Å². The minimum absolute atomic E-state index is 0.0844. The molecule has 0 heterocycles. The molecular weight excluding hydrogens is 292 g/mol. The molecule has 2 N–H and O–H groups in total. The summed E-state index contributed by atoms with van der Waals surface area (Å²) < 4.78 is 31.7. The first-order valence-corrected chi connectivity index (χ1v) is 8.34. The number of nitrogens with zero attached hydrogens (tertiary/aromatic N) is 1. The highest BCUT2D eigenvalue weighted by Gasteiger charge is 2.40. The third kappa shape index (κ3) is 3.36. The number of carbonyl (C=O) groups is 1. The monoisotopic (exact) mass is 312 g/mol. The van der Waals surface area contributed by atoms with Crippen LogP contribution in [0.3, 0.4) is 0 Å². The number of ether oxygens (including phenoxy) is 1. The van der Waals surface area contributed by atoms with E-state index in [-0.39, 0.29) is 29.8 Å². The standard InChI is InChI=1S/C14H20N2O4S/c1-3-20-13(17)9-16(11-7-8-11)21(18,19)14-10(2)5-4-6-12(14)15/h4-6,11H,3,7-9,15H2,1-2H3. The summed E-state index contributed by atoms with van der Waals surface area (Å²) in [7, 11) is -3.81. The second-order valence-electron chi connectivity index (χ2n) is 5.08. The highest BCUT2D eigenvalue weighted by molar-refractivity contribution is 7.89. The fourth-order valence-electron chi connectivity index (χ4n) is 2.25. The van der Waals surface area contributed by atoms with Crippen LogP contribution in [0.4, 0.5) is 5.69 Å². The summed E-state index contributed by atoms with van der Waals surface area (Å²) in [6.07, 6.45) is 1.51. The van der Waals surface area contributed by atoms with Crippen LogP contribution in [0.1, 0.15) is 25.3 Å². The average molecular weight is 312 g/mol. The van der Waals surface area contributed by atoms with Gasteiger partial charge in [0.05, 0.1) is 12.3 Å². The lowest BCUT2D eigenvalue weighted by molar-refractivity contribution is -0.143. The fourth-order valence-corrected chi connectivity index (χ4v) is 4.21. The molecule has 0 bridgehead atoms. The van der Waals surface area contributed by atoms with Crippen LogP contribution >= 0.6 is 0 Å². The topological polar surface area (TPSA) is 89.7 Å². The fraction of sp³-hybridized carbons (Fsp3) is 0.500. The largest absolute Gasteiger partial charge is 0.465 e. The Labute approximate surface area is 124 Å². The number of hydrogen-bond acceptors (Lipinski definition) is 5. The van der Waals surface area contributed by atoms with Crippen molar-refractivity contribution in [3.8, 4) is 0 Å². The van der Waals surface area contributed by atoms with Crippen molar-refractivity contribution in [2.45, 2.75) is 37.6 Å². The molecule has 1 aromatic rings. The predicted molar refractivity (Wildman–Crippen MR) is 79.1 cm³/mol. The summed E-state index contributed by atoms with van der Waals surface area (Å²) in [6, 6.07) is 4.81. The van der Waals surface area contributed by atoms with E-state index in [0.29, 0.717) is 5.56 Å². The molecule has 0 atom stereocenters. The van der Waals surface area contributed by atoms with E-state index < -0.39 is 16.0 Å². The Morgan fingerprint density at radius 2 is 2.10 bits per heavy atom. The van der Waals surface area contributed by atoms with Gasteiger partial charge in [-0.1, -0.05) is 12.1 Å². The number of nitrogen functional groups attached to an aromatic ring is 1. The van der Waals surface area contributed by atoms with Crippen molar-refractivity contribution >= 4 is 21.7 Å². The highest BCUT2D eigenvalue weighted by Crippen LogP contribution is 2.34. The van der Waals surface area contributed by atoms with Gasteiger partial charge >= 0.3 is 5.97 Å². The van der Waals surface area contributed by atoms with Crippen LogP contribution in [0.2, 0.25) is 0 Å². The quantitative estimate of drug-likeness (QED) is 0.631. The number of esters is 1. The molecule has 1 aliphatic rings. The number of hydrogen-bond donors (Lipinski definition) is 1. The van der Waals surface area contributed by atoms with Crippen LogP contribution in [0.15, 0.2) is 23.1 Å². The Morgan fingerprint density at radius 1 is 1.43 bits per heavy atom. The molecule has 0 aromatic heterocycles. The van der Waals surface area contributed by atoms with Crippen molar-refractivity contribution in [3.63, 3.8) is 0 Å². The molecule has 1 aliphatic carbocycles. The average Bonchev–Trinajstić information content (AvgIpc) is 3.19. The lowest BCUT2D eigenvalue weighted by Crippen LogP contribution is -2.38. The number of carbonyl (C=O) groups excluding carboxylic acids is 1. The molecule has 6 nitrogen and oxygen atoms in total. The van der Waals surface area contributed by atoms with E-state index in [1.54, 1.807) is 32.0 Å². The molecule has 7 heteroatoms. The van der Waals surface area contributed by atoms with Gasteiger partial charge in [0, 0.05) is 6.04 Å². The molecular formula is C14H20N2O4S. The summed E-state index contributed by atoms with van der Waals surface area (Å²) in [5.74, 6) is -0.542. The van der Waals surface area contributed by atoms with Crippen LogP contribution in [0.25, 0.3) is 0 Å². The Bertz CT molecular complexity index is 618. The number of nitrogens with two attached hydrogens (primary N) is 1.